The fraction of sp³-hybridized carbons (Fsp3) is 0.0909. The molecule has 0 saturated carbocycles. The lowest BCUT2D eigenvalue weighted by Gasteiger charge is -2.01. The molecule has 0 atom stereocenters. The third-order valence-electron chi connectivity index (χ3n) is 2.13. The second kappa shape index (κ2) is 5.09. The summed E-state index contributed by atoms with van der Waals surface area (Å²) in [5.74, 6) is -0.851. The van der Waals surface area contributed by atoms with E-state index in [2.05, 4.69) is 5.16 Å². The molecule has 5 nitrogen and oxygen atoms in total. The Morgan fingerprint density at radius 3 is 2.89 bits per heavy atom. The smallest absolute Gasteiger partial charge is 0.358 e. The lowest BCUT2D eigenvalue weighted by molar-refractivity contribution is 0.0685. The Morgan fingerprint density at radius 1 is 1.50 bits per heavy atom. The first-order valence-corrected chi connectivity index (χ1v) is 5.91. The van der Waals surface area contributed by atoms with Crippen LogP contribution in [0, 0.1) is 5.82 Å². The maximum absolute atomic E-state index is 13.2. The molecule has 0 radical (unpaired) electrons. The van der Waals surface area contributed by atoms with E-state index in [-0.39, 0.29) is 11.4 Å². The van der Waals surface area contributed by atoms with Gasteiger partial charge in [0, 0.05) is 11.0 Å². The summed E-state index contributed by atoms with van der Waals surface area (Å²) >= 11 is 1.30. The van der Waals surface area contributed by atoms with Crippen LogP contribution in [0.3, 0.4) is 0 Å². The van der Waals surface area contributed by atoms with E-state index in [0.29, 0.717) is 16.4 Å². The number of nitrogens with two attached hydrogens (primary N) is 1. The maximum Gasteiger partial charge on any atom is 0.358 e. The number of hydrogen-bond donors (Lipinski definition) is 2. The molecule has 1 aromatic carbocycles. The molecule has 3 N–H and O–H groups in total. The van der Waals surface area contributed by atoms with Crippen LogP contribution in [-0.2, 0) is 5.75 Å². The Bertz CT molecular complexity index is 585. The molecule has 0 saturated heterocycles. The van der Waals surface area contributed by atoms with Crippen LogP contribution in [0.2, 0.25) is 0 Å². The minimum atomic E-state index is -1.14. The van der Waals surface area contributed by atoms with Crippen molar-refractivity contribution in [1.29, 1.82) is 0 Å². The Labute approximate surface area is 106 Å². The second-order valence-corrected chi connectivity index (χ2v) is 4.50. The van der Waals surface area contributed by atoms with E-state index in [0.717, 1.165) is 0 Å². The number of aromatic nitrogens is 1. The molecule has 1 heterocycles. The molecule has 0 spiro atoms. The Morgan fingerprint density at radius 2 is 2.28 bits per heavy atom. The molecule has 0 fully saturated rings. The van der Waals surface area contributed by atoms with Crippen molar-refractivity contribution in [1.82, 2.24) is 5.16 Å². The summed E-state index contributed by atoms with van der Waals surface area (Å²) in [7, 11) is 0. The molecule has 0 amide bonds. The first kappa shape index (κ1) is 12.4. The molecule has 0 aliphatic heterocycles. The fourth-order valence-electron chi connectivity index (χ4n) is 1.23. The third kappa shape index (κ3) is 2.80. The molecular weight excluding hydrogens is 259 g/mol. The number of hydrogen-bond acceptors (Lipinski definition) is 5. The molecule has 2 aromatic rings. The molecule has 0 aliphatic rings. The molecule has 1 aromatic heterocycles. The van der Waals surface area contributed by atoms with Gasteiger partial charge in [0.25, 0.3) is 0 Å². The summed E-state index contributed by atoms with van der Waals surface area (Å²) in [6.45, 7) is 0. The van der Waals surface area contributed by atoms with Crippen molar-refractivity contribution in [3.8, 4) is 0 Å². The number of rotatable bonds is 4. The number of nitrogen functional groups attached to an aromatic ring is 1. The Balaban J connectivity index is 2.02. The Kier molecular flexibility index (Phi) is 3.52. The van der Waals surface area contributed by atoms with Crippen molar-refractivity contribution in [2.75, 3.05) is 5.73 Å². The van der Waals surface area contributed by atoms with E-state index in [1.165, 1.54) is 30.0 Å². The second-order valence-electron chi connectivity index (χ2n) is 3.46. The average molecular weight is 268 g/mol. The van der Waals surface area contributed by atoms with E-state index in [9.17, 15) is 9.18 Å². The minimum Gasteiger partial charge on any atom is -0.476 e. The maximum atomic E-state index is 13.2. The summed E-state index contributed by atoms with van der Waals surface area (Å²) < 4.78 is 18.0. The molecule has 2 rings (SSSR count). The molecule has 0 bridgehead atoms. The van der Waals surface area contributed by atoms with Gasteiger partial charge in [-0.25, -0.2) is 9.18 Å². The summed E-state index contributed by atoms with van der Waals surface area (Å²) in [6.07, 6.45) is 0. The quantitative estimate of drug-likeness (QED) is 0.653. The van der Waals surface area contributed by atoms with Gasteiger partial charge < -0.3 is 15.4 Å². The van der Waals surface area contributed by atoms with Gasteiger partial charge in [0.15, 0.2) is 5.69 Å². The van der Waals surface area contributed by atoms with Crippen LogP contribution in [0.15, 0.2) is 33.7 Å². The van der Waals surface area contributed by atoms with E-state index in [1.54, 1.807) is 6.07 Å². The van der Waals surface area contributed by atoms with Gasteiger partial charge in [-0.2, -0.15) is 0 Å². The topological polar surface area (TPSA) is 89.4 Å². The predicted molar refractivity (Wildman–Crippen MR) is 63.8 cm³/mol. The highest BCUT2D eigenvalue weighted by Crippen LogP contribution is 2.25. The van der Waals surface area contributed by atoms with E-state index < -0.39 is 11.8 Å². The van der Waals surface area contributed by atoms with Crippen LogP contribution in [0.5, 0.6) is 0 Å². The number of carbonyl (C=O) groups is 1. The van der Waals surface area contributed by atoms with Crippen LogP contribution in [0.4, 0.5) is 10.1 Å². The molecule has 0 aliphatic carbocycles. The molecule has 18 heavy (non-hydrogen) atoms. The zero-order valence-electron chi connectivity index (χ0n) is 9.09. The highest BCUT2D eigenvalue weighted by atomic mass is 32.2. The summed E-state index contributed by atoms with van der Waals surface area (Å²) in [4.78, 5) is 11.3. The van der Waals surface area contributed by atoms with Crippen molar-refractivity contribution >= 4 is 23.4 Å². The van der Waals surface area contributed by atoms with E-state index in [4.69, 9.17) is 15.4 Å². The number of benzene rings is 1. The molecule has 7 heteroatoms. The van der Waals surface area contributed by atoms with Crippen molar-refractivity contribution in [2.24, 2.45) is 0 Å². The van der Waals surface area contributed by atoms with Crippen molar-refractivity contribution in [3.05, 3.63) is 41.5 Å². The number of nitrogens with zero attached hydrogens (tertiary/aromatic N) is 1. The van der Waals surface area contributed by atoms with Gasteiger partial charge in [-0.3, -0.25) is 0 Å². The first-order valence-electron chi connectivity index (χ1n) is 4.93. The van der Waals surface area contributed by atoms with Crippen LogP contribution < -0.4 is 5.73 Å². The van der Waals surface area contributed by atoms with Gasteiger partial charge in [0.05, 0.1) is 11.4 Å². The van der Waals surface area contributed by atoms with Crippen LogP contribution in [-0.4, -0.2) is 16.2 Å². The van der Waals surface area contributed by atoms with Crippen molar-refractivity contribution in [3.63, 3.8) is 0 Å². The van der Waals surface area contributed by atoms with Crippen LogP contribution >= 0.6 is 11.8 Å². The average Bonchev–Trinajstić information content (AvgIpc) is 2.79. The number of carboxylic acids is 1. The first-order chi connectivity index (χ1) is 8.56. The fourth-order valence-corrected chi connectivity index (χ4v) is 2.03. The van der Waals surface area contributed by atoms with Gasteiger partial charge in [0.1, 0.15) is 11.6 Å². The monoisotopic (exact) mass is 268 g/mol. The number of anilines is 1. The van der Waals surface area contributed by atoms with Gasteiger partial charge >= 0.3 is 5.97 Å². The highest BCUT2D eigenvalue weighted by molar-refractivity contribution is 7.98. The molecule has 0 unspecified atom stereocenters. The lowest BCUT2D eigenvalue weighted by atomic mass is 10.3. The minimum absolute atomic E-state index is 0.0900. The summed E-state index contributed by atoms with van der Waals surface area (Å²) in [5.41, 5.74) is 5.30. The third-order valence-corrected chi connectivity index (χ3v) is 3.15. The number of halogens is 1. The van der Waals surface area contributed by atoms with E-state index >= 15 is 0 Å². The normalized spacial score (nSPS) is 10.5. The van der Waals surface area contributed by atoms with Crippen molar-refractivity contribution < 1.29 is 18.8 Å². The summed E-state index contributed by atoms with van der Waals surface area (Å²) in [5, 5.41) is 12.0. The zero-order chi connectivity index (χ0) is 13.1. The van der Waals surface area contributed by atoms with Gasteiger partial charge in [-0.05, 0) is 18.2 Å². The number of aromatic carboxylic acids is 1. The number of carboxylic acid groups (broad SMARTS) is 1. The van der Waals surface area contributed by atoms with Crippen LogP contribution in [0.1, 0.15) is 16.2 Å². The highest BCUT2D eigenvalue weighted by Gasteiger charge is 2.11. The molecular formula is C11H9FN2O3S. The van der Waals surface area contributed by atoms with Crippen LogP contribution in [0.25, 0.3) is 0 Å². The van der Waals surface area contributed by atoms with Gasteiger partial charge in [-0.15, -0.1) is 11.8 Å². The van der Waals surface area contributed by atoms with Crippen molar-refractivity contribution in [2.45, 2.75) is 10.6 Å². The SMILES string of the molecule is Nc1ccc(SCc2cc(C(=O)O)no2)cc1F. The Hall–Kier alpha value is -2.02. The largest absolute Gasteiger partial charge is 0.476 e. The van der Waals surface area contributed by atoms with Gasteiger partial charge in [0.2, 0.25) is 0 Å². The predicted octanol–water partition coefficient (Wildman–Crippen LogP) is 2.39. The summed E-state index contributed by atoms with van der Waals surface area (Å²) in [6, 6.07) is 5.80. The van der Waals surface area contributed by atoms with Gasteiger partial charge in [-0.1, -0.05) is 5.16 Å². The standard InChI is InChI=1S/C11H9FN2O3S/c12-8-4-7(1-2-9(8)13)18-5-6-3-10(11(15)16)14-17-6/h1-4H,5,13H2,(H,15,16). The lowest BCUT2D eigenvalue weighted by Crippen LogP contribution is -1.94. The number of thioether (sulfide) groups is 1. The van der Waals surface area contributed by atoms with E-state index in [1.807, 2.05) is 0 Å². The molecule has 94 valence electrons. The zero-order valence-corrected chi connectivity index (χ0v) is 9.91.